The first-order valence-electron chi connectivity index (χ1n) is 4.07. The topological polar surface area (TPSA) is 51.8 Å². The first-order valence-corrected chi connectivity index (χ1v) is 5.22. The summed E-state index contributed by atoms with van der Waals surface area (Å²) in [5.41, 5.74) is 6.50. The number of hydrogen-bond acceptors (Lipinski definition) is 4. The Kier molecular flexibility index (Phi) is 2.65. The van der Waals surface area contributed by atoms with Gasteiger partial charge in [-0.25, -0.2) is 4.98 Å². The summed E-state index contributed by atoms with van der Waals surface area (Å²) in [5.74, 6) is 0.723. The highest BCUT2D eigenvalue weighted by Gasteiger charge is 2.04. The van der Waals surface area contributed by atoms with Crippen LogP contribution in [-0.4, -0.2) is 9.36 Å². The maximum atomic E-state index is 6.00. The lowest BCUT2D eigenvalue weighted by Gasteiger charge is -1.99. The van der Waals surface area contributed by atoms with E-state index in [9.17, 15) is 0 Å². The van der Waals surface area contributed by atoms with Crippen LogP contribution >= 0.6 is 23.1 Å². The SMILES string of the molecule is Nc1nc(Cc2ccccc2Cl)ns1. The van der Waals surface area contributed by atoms with E-state index in [-0.39, 0.29) is 0 Å². The molecule has 0 bridgehead atoms. The van der Waals surface area contributed by atoms with Gasteiger partial charge in [-0.05, 0) is 11.6 Å². The Balaban J connectivity index is 2.23. The van der Waals surface area contributed by atoms with Crippen molar-refractivity contribution in [3.05, 3.63) is 40.7 Å². The molecule has 3 nitrogen and oxygen atoms in total. The third-order valence-electron chi connectivity index (χ3n) is 1.79. The normalized spacial score (nSPS) is 10.4. The zero-order valence-electron chi connectivity index (χ0n) is 7.27. The lowest BCUT2D eigenvalue weighted by Crippen LogP contribution is -1.92. The van der Waals surface area contributed by atoms with E-state index in [1.54, 1.807) is 0 Å². The van der Waals surface area contributed by atoms with Crippen molar-refractivity contribution in [2.45, 2.75) is 6.42 Å². The fourth-order valence-electron chi connectivity index (χ4n) is 1.15. The maximum absolute atomic E-state index is 6.00. The van der Waals surface area contributed by atoms with Gasteiger partial charge in [0.25, 0.3) is 0 Å². The van der Waals surface area contributed by atoms with Gasteiger partial charge in [-0.2, -0.15) is 4.37 Å². The Hall–Kier alpha value is -1.13. The van der Waals surface area contributed by atoms with Crippen molar-refractivity contribution in [2.75, 3.05) is 5.73 Å². The number of nitrogen functional groups attached to an aromatic ring is 1. The number of aromatic nitrogens is 2. The highest BCUT2D eigenvalue weighted by Crippen LogP contribution is 2.18. The fraction of sp³-hybridized carbons (Fsp3) is 0.111. The fourth-order valence-corrected chi connectivity index (χ4v) is 1.80. The lowest BCUT2D eigenvalue weighted by atomic mass is 10.1. The van der Waals surface area contributed by atoms with Gasteiger partial charge in [-0.1, -0.05) is 29.8 Å². The highest BCUT2D eigenvalue weighted by molar-refractivity contribution is 7.09. The van der Waals surface area contributed by atoms with E-state index in [2.05, 4.69) is 9.36 Å². The van der Waals surface area contributed by atoms with Gasteiger partial charge >= 0.3 is 0 Å². The molecule has 0 unspecified atom stereocenters. The second kappa shape index (κ2) is 3.94. The highest BCUT2D eigenvalue weighted by atomic mass is 35.5. The zero-order chi connectivity index (χ0) is 9.97. The van der Waals surface area contributed by atoms with E-state index in [0.29, 0.717) is 11.6 Å². The van der Waals surface area contributed by atoms with Gasteiger partial charge in [0.15, 0.2) is 5.13 Å². The van der Waals surface area contributed by atoms with Crippen LogP contribution in [-0.2, 0) is 6.42 Å². The Labute approximate surface area is 90.7 Å². The van der Waals surface area contributed by atoms with Gasteiger partial charge in [-0.3, -0.25) is 0 Å². The summed E-state index contributed by atoms with van der Waals surface area (Å²) < 4.78 is 4.10. The number of anilines is 1. The molecular weight excluding hydrogens is 218 g/mol. The van der Waals surface area contributed by atoms with Crippen LogP contribution in [0.25, 0.3) is 0 Å². The van der Waals surface area contributed by atoms with Crippen molar-refractivity contribution in [1.82, 2.24) is 9.36 Å². The molecule has 1 heterocycles. The maximum Gasteiger partial charge on any atom is 0.199 e. The molecule has 0 fully saturated rings. The molecule has 2 aromatic rings. The summed E-state index contributed by atoms with van der Waals surface area (Å²) >= 11 is 7.20. The van der Waals surface area contributed by atoms with Crippen LogP contribution in [0.4, 0.5) is 5.13 Å². The van der Waals surface area contributed by atoms with Gasteiger partial charge < -0.3 is 5.73 Å². The second-order valence-electron chi connectivity index (χ2n) is 2.82. The molecule has 0 spiro atoms. The van der Waals surface area contributed by atoms with Crippen LogP contribution in [0.1, 0.15) is 11.4 Å². The van der Waals surface area contributed by atoms with Gasteiger partial charge in [0.2, 0.25) is 0 Å². The molecule has 5 heteroatoms. The molecule has 0 aliphatic heterocycles. The number of hydrogen-bond donors (Lipinski definition) is 1. The quantitative estimate of drug-likeness (QED) is 0.854. The van der Waals surface area contributed by atoms with E-state index >= 15 is 0 Å². The zero-order valence-corrected chi connectivity index (χ0v) is 8.85. The van der Waals surface area contributed by atoms with Gasteiger partial charge in [0, 0.05) is 23.0 Å². The second-order valence-corrected chi connectivity index (χ2v) is 4.01. The van der Waals surface area contributed by atoms with Crippen LogP contribution in [0.2, 0.25) is 5.02 Å². The minimum absolute atomic E-state index is 0.493. The standard InChI is InChI=1S/C9H8ClN3S/c10-7-4-2-1-3-6(7)5-8-12-9(11)14-13-8/h1-4H,5H2,(H2,11,12,13). The number of nitrogens with zero attached hydrogens (tertiary/aromatic N) is 2. The van der Waals surface area contributed by atoms with Crippen molar-refractivity contribution >= 4 is 28.3 Å². The molecule has 0 aliphatic rings. The van der Waals surface area contributed by atoms with Crippen molar-refractivity contribution in [1.29, 1.82) is 0 Å². The summed E-state index contributed by atoms with van der Waals surface area (Å²) in [6, 6.07) is 7.65. The number of rotatable bonds is 2. The molecule has 0 atom stereocenters. The molecule has 0 aliphatic carbocycles. The summed E-state index contributed by atoms with van der Waals surface area (Å²) in [6.45, 7) is 0. The van der Waals surface area contributed by atoms with Crippen molar-refractivity contribution in [3.63, 3.8) is 0 Å². The van der Waals surface area contributed by atoms with E-state index in [4.69, 9.17) is 17.3 Å². The Morgan fingerprint density at radius 1 is 1.36 bits per heavy atom. The predicted molar refractivity (Wildman–Crippen MR) is 58.6 cm³/mol. The molecule has 1 aromatic heterocycles. The predicted octanol–water partition coefficient (Wildman–Crippen LogP) is 2.36. The molecule has 0 amide bonds. The Bertz CT molecular complexity index is 441. The van der Waals surface area contributed by atoms with Crippen LogP contribution < -0.4 is 5.73 Å². The van der Waals surface area contributed by atoms with E-state index in [0.717, 1.165) is 16.4 Å². The van der Waals surface area contributed by atoms with Gasteiger partial charge in [0.05, 0.1) is 0 Å². The molecular formula is C9H8ClN3S. The van der Waals surface area contributed by atoms with Crippen LogP contribution in [0, 0.1) is 0 Å². The average Bonchev–Trinajstić information content (AvgIpc) is 2.56. The summed E-state index contributed by atoms with van der Waals surface area (Å²) in [5, 5.41) is 1.23. The van der Waals surface area contributed by atoms with E-state index < -0.39 is 0 Å². The summed E-state index contributed by atoms with van der Waals surface area (Å²) in [4.78, 5) is 4.07. The van der Waals surface area contributed by atoms with Crippen molar-refractivity contribution in [3.8, 4) is 0 Å². The number of halogens is 1. The molecule has 0 saturated heterocycles. The third kappa shape index (κ3) is 2.02. The molecule has 0 radical (unpaired) electrons. The first kappa shape index (κ1) is 9.43. The third-order valence-corrected chi connectivity index (χ3v) is 2.74. The Morgan fingerprint density at radius 3 is 2.79 bits per heavy atom. The molecule has 72 valence electrons. The van der Waals surface area contributed by atoms with E-state index in [1.165, 1.54) is 11.5 Å². The van der Waals surface area contributed by atoms with Gasteiger partial charge in [0.1, 0.15) is 5.82 Å². The first-order chi connectivity index (χ1) is 6.75. The molecule has 2 N–H and O–H groups in total. The molecule has 1 aromatic carbocycles. The summed E-state index contributed by atoms with van der Waals surface area (Å²) in [7, 11) is 0. The van der Waals surface area contributed by atoms with Gasteiger partial charge in [-0.15, -0.1) is 0 Å². The molecule has 14 heavy (non-hydrogen) atoms. The van der Waals surface area contributed by atoms with Crippen LogP contribution in [0.5, 0.6) is 0 Å². The van der Waals surface area contributed by atoms with Crippen LogP contribution in [0.15, 0.2) is 24.3 Å². The smallest absolute Gasteiger partial charge is 0.199 e. The molecule has 0 saturated carbocycles. The number of benzene rings is 1. The van der Waals surface area contributed by atoms with Crippen molar-refractivity contribution < 1.29 is 0 Å². The average molecular weight is 226 g/mol. The number of nitrogens with two attached hydrogens (primary N) is 1. The molecule has 2 rings (SSSR count). The minimum Gasteiger partial charge on any atom is -0.374 e. The van der Waals surface area contributed by atoms with Crippen molar-refractivity contribution in [2.24, 2.45) is 0 Å². The lowest BCUT2D eigenvalue weighted by molar-refractivity contribution is 1.04. The Morgan fingerprint density at radius 2 is 2.14 bits per heavy atom. The van der Waals surface area contributed by atoms with E-state index in [1.807, 2.05) is 24.3 Å². The summed E-state index contributed by atoms with van der Waals surface area (Å²) in [6.07, 6.45) is 0.632. The monoisotopic (exact) mass is 225 g/mol. The largest absolute Gasteiger partial charge is 0.374 e. The minimum atomic E-state index is 0.493. The van der Waals surface area contributed by atoms with Crippen LogP contribution in [0.3, 0.4) is 0 Å².